The van der Waals surface area contributed by atoms with Crippen molar-refractivity contribution >= 4 is 82.0 Å². The van der Waals surface area contributed by atoms with Crippen LogP contribution in [0.25, 0.3) is 11.1 Å². The molecule has 3 aromatic carbocycles. The smallest absolute Gasteiger partial charge is 0.272 e. The number of imide groups is 1. The minimum absolute atomic E-state index is 0.00324. The summed E-state index contributed by atoms with van der Waals surface area (Å²) < 4.78 is 15.0. The number of piperidine rings is 1. The number of aromatic nitrogens is 2. The molecule has 8 rings (SSSR count). The van der Waals surface area contributed by atoms with Crippen molar-refractivity contribution < 1.29 is 52.6 Å². The van der Waals surface area contributed by atoms with E-state index in [0.717, 1.165) is 41.8 Å². The van der Waals surface area contributed by atoms with Gasteiger partial charge in [0.05, 0.1) is 36.7 Å². The normalized spacial score (nSPS) is 15.7. The minimum Gasteiger partial charge on any atom is -0.493 e. The predicted octanol–water partition coefficient (Wildman–Crippen LogP) is 6.87. The zero-order valence-corrected chi connectivity index (χ0v) is 47.7. The van der Waals surface area contributed by atoms with Gasteiger partial charge in [-0.3, -0.25) is 43.3 Å². The van der Waals surface area contributed by atoms with Gasteiger partial charge >= 0.3 is 0 Å². The average Bonchev–Trinajstić information content (AvgIpc) is 4.37. The van der Waals surface area contributed by atoms with E-state index in [2.05, 4.69) is 37.2 Å². The van der Waals surface area contributed by atoms with E-state index in [1.54, 1.807) is 111 Å². The molecule has 5 aromatic rings. The van der Waals surface area contributed by atoms with E-state index < -0.39 is 11.6 Å². The maximum absolute atomic E-state index is 13.5. The van der Waals surface area contributed by atoms with Crippen molar-refractivity contribution in [3.63, 3.8) is 0 Å². The summed E-state index contributed by atoms with van der Waals surface area (Å²) in [4.78, 5) is 119. The fraction of sp³-hybridized carbons (Fsp3) is 0.393. The van der Waals surface area contributed by atoms with Gasteiger partial charge in [0.25, 0.3) is 29.5 Å². The number of benzene rings is 3. The number of nitrogens with one attached hydrogen (secondary N) is 7. The summed E-state index contributed by atoms with van der Waals surface area (Å²) in [7, 11) is 5.00. The summed E-state index contributed by atoms with van der Waals surface area (Å²) in [5, 5.41) is 20.9. The highest BCUT2D eigenvalue weighted by Crippen LogP contribution is 2.37. The number of hydrogen-bond acceptors (Lipinski definition) is 13. The van der Waals surface area contributed by atoms with Gasteiger partial charge in [0.15, 0.2) is 11.5 Å². The molecule has 1 fully saturated rings. The van der Waals surface area contributed by atoms with Gasteiger partial charge in [0, 0.05) is 112 Å². The SMILES string of the molecule is COc1cc2c(cc1OCCCC(=O)Nc1cc(C(=O)Nc3ccc(-c4cc(C(=O)Nc5ccc(NC(=O)[C@H](C)NC[C@](C=O)(NC(=O)CCCCCN6C(=O)C=CC6=O)C(C)C)cc5)n(C)c4)cc3)n(C)c1)NC[C@@H]1CCCCN1C2=O. The minimum atomic E-state index is -1.28. The third kappa shape index (κ3) is 14.9. The number of nitrogens with zero attached hydrogens (tertiary/aromatic N) is 4. The third-order valence-corrected chi connectivity index (χ3v) is 15.3. The van der Waals surface area contributed by atoms with Gasteiger partial charge in [-0.05, 0) is 112 Å². The molecule has 22 nitrogen and oxygen atoms in total. The van der Waals surface area contributed by atoms with Gasteiger partial charge in [-0.15, -0.1) is 0 Å². The molecular weight excluding hydrogens is 1060 g/mol. The Labute approximate surface area is 482 Å². The van der Waals surface area contributed by atoms with Gasteiger partial charge in [-0.1, -0.05) is 32.4 Å². The van der Waals surface area contributed by atoms with Crippen LogP contribution in [0.4, 0.5) is 28.4 Å². The van der Waals surface area contributed by atoms with Crippen LogP contribution in [0.1, 0.15) is 110 Å². The van der Waals surface area contributed by atoms with Crippen LogP contribution >= 0.6 is 0 Å². The first kappa shape index (κ1) is 60.1. The van der Waals surface area contributed by atoms with Crippen molar-refractivity contribution in [1.82, 2.24) is 29.6 Å². The van der Waals surface area contributed by atoms with Crippen molar-refractivity contribution in [3.8, 4) is 22.6 Å². The maximum Gasteiger partial charge on any atom is 0.272 e. The van der Waals surface area contributed by atoms with E-state index in [0.29, 0.717) is 95.4 Å². The largest absolute Gasteiger partial charge is 0.493 e. The second-order valence-electron chi connectivity index (χ2n) is 21.5. The number of amides is 8. The number of unbranched alkanes of at least 4 members (excludes halogenated alkanes) is 2. The molecule has 0 aliphatic carbocycles. The fourth-order valence-corrected chi connectivity index (χ4v) is 10.2. The van der Waals surface area contributed by atoms with Crippen molar-refractivity contribution in [2.24, 2.45) is 20.0 Å². The second kappa shape index (κ2) is 27.1. The van der Waals surface area contributed by atoms with E-state index in [4.69, 9.17) is 9.47 Å². The van der Waals surface area contributed by atoms with Crippen LogP contribution in [0.3, 0.4) is 0 Å². The number of ether oxygens (including phenoxy) is 2. The number of rotatable bonds is 26. The van der Waals surface area contributed by atoms with Crippen molar-refractivity contribution in [1.29, 1.82) is 0 Å². The molecule has 0 radical (unpaired) electrons. The van der Waals surface area contributed by atoms with Crippen molar-refractivity contribution in [2.45, 2.75) is 96.2 Å². The lowest BCUT2D eigenvalue weighted by molar-refractivity contribution is -0.137. The summed E-state index contributed by atoms with van der Waals surface area (Å²) in [6.07, 6.45) is 12.1. The van der Waals surface area contributed by atoms with Crippen LogP contribution in [0.5, 0.6) is 11.5 Å². The van der Waals surface area contributed by atoms with Gasteiger partial charge in [0.1, 0.15) is 23.2 Å². The van der Waals surface area contributed by atoms with Crippen LogP contribution in [-0.4, -0.2) is 130 Å². The molecule has 2 aromatic heterocycles. The van der Waals surface area contributed by atoms with Gasteiger partial charge in [-0.2, -0.15) is 0 Å². The number of carbonyl (C=O) groups is 9. The molecule has 0 unspecified atom stereocenters. The molecule has 8 amide bonds. The Kier molecular flexibility index (Phi) is 19.6. The first-order valence-electron chi connectivity index (χ1n) is 28.1. The Morgan fingerprint density at radius 2 is 1.35 bits per heavy atom. The standard InChI is InChI=1S/C61H73N11O11/c1-38(2)61(37-73,68-54(75)14-8-7-10-27-72-55(76)24-25-56(72)77)36-63-39(3)57(78)65-43-20-22-44(23-21-43)67-58(79)49-29-41(34-69(49)4)40-16-18-42(19-17-40)66-59(80)50-30-45(35-70(50)5)64-53(74)15-12-28-83-52-32-48-47(31-51(52)82-6)60(81)71-26-11-9-13-46(71)33-62-48/h16-25,29-32,34-35,37-39,46,62-63H,7-15,26-28,33,36H2,1-6H3,(H,64,74)(H,65,78)(H,66,80)(H,67,79)(H,68,75)/t39-,46-,61+/m0/s1. The first-order chi connectivity index (χ1) is 39.8. The van der Waals surface area contributed by atoms with Crippen LogP contribution in [0.2, 0.25) is 0 Å². The Bertz CT molecular complexity index is 3260. The lowest BCUT2D eigenvalue weighted by atomic mass is 9.87. The van der Waals surface area contributed by atoms with Gasteiger partial charge in [0.2, 0.25) is 17.7 Å². The van der Waals surface area contributed by atoms with Crippen molar-refractivity contribution in [3.05, 3.63) is 114 Å². The first-order valence-corrected chi connectivity index (χ1v) is 28.1. The number of carbonyl (C=O) groups excluding carboxylic acids is 9. The zero-order valence-electron chi connectivity index (χ0n) is 47.7. The number of methoxy groups -OCH3 is 1. The molecular formula is C61H73N11O11. The average molecular weight is 1140 g/mol. The summed E-state index contributed by atoms with van der Waals surface area (Å²) in [6.45, 7) is 7.16. The highest BCUT2D eigenvalue weighted by molar-refractivity contribution is 6.13. The molecule has 3 atom stereocenters. The number of fused-ring (bicyclic) bond motifs is 2. The highest BCUT2D eigenvalue weighted by atomic mass is 16.5. The third-order valence-electron chi connectivity index (χ3n) is 15.3. The molecule has 22 heteroatoms. The van der Waals surface area contributed by atoms with Gasteiger partial charge < -0.3 is 65.5 Å². The topological polar surface area (TPSA) is 273 Å². The maximum atomic E-state index is 13.5. The Morgan fingerprint density at radius 3 is 2.01 bits per heavy atom. The molecule has 3 aliphatic rings. The molecule has 7 N–H and O–H groups in total. The zero-order chi connectivity index (χ0) is 59.4. The van der Waals surface area contributed by atoms with E-state index in [9.17, 15) is 43.2 Å². The Morgan fingerprint density at radius 1 is 0.711 bits per heavy atom. The van der Waals surface area contributed by atoms with E-state index in [1.165, 1.54) is 19.3 Å². The Hall–Kier alpha value is -9.05. The number of anilines is 5. The number of hydrogen-bond donors (Lipinski definition) is 7. The van der Waals surface area contributed by atoms with Crippen LogP contribution in [0, 0.1) is 5.92 Å². The van der Waals surface area contributed by atoms with E-state index in [-0.39, 0.29) is 91.8 Å². The van der Waals surface area contributed by atoms with Crippen LogP contribution in [0.15, 0.2) is 97.3 Å². The van der Waals surface area contributed by atoms with E-state index >= 15 is 0 Å². The molecule has 1 saturated heterocycles. The lowest BCUT2D eigenvalue weighted by Crippen LogP contribution is -2.61. The molecule has 5 heterocycles. The van der Waals surface area contributed by atoms with Crippen LogP contribution in [-0.2, 0) is 42.9 Å². The van der Waals surface area contributed by atoms with Gasteiger partial charge in [-0.25, -0.2) is 0 Å². The lowest BCUT2D eigenvalue weighted by Gasteiger charge is -2.34. The van der Waals surface area contributed by atoms with Crippen LogP contribution < -0.4 is 46.7 Å². The molecule has 83 heavy (non-hydrogen) atoms. The Balaban J connectivity index is 0.754. The monoisotopic (exact) mass is 1140 g/mol. The van der Waals surface area contributed by atoms with Crippen molar-refractivity contribution in [2.75, 3.05) is 66.5 Å². The second-order valence-corrected chi connectivity index (χ2v) is 21.5. The summed E-state index contributed by atoms with van der Waals surface area (Å²) in [5.41, 5.74) is 4.21. The molecule has 0 spiro atoms. The molecule has 0 bridgehead atoms. The fourth-order valence-electron chi connectivity index (χ4n) is 10.2. The predicted molar refractivity (Wildman–Crippen MR) is 314 cm³/mol. The number of aldehydes is 1. The highest BCUT2D eigenvalue weighted by Gasteiger charge is 2.36. The molecule has 0 saturated carbocycles. The summed E-state index contributed by atoms with van der Waals surface area (Å²) >= 11 is 0. The molecule has 438 valence electrons. The summed E-state index contributed by atoms with van der Waals surface area (Å²) in [5.74, 6) is -1.78. The molecule has 3 aliphatic heterocycles. The quantitative estimate of drug-likeness (QED) is 0.0169. The number of aryl methyl sites for hydroxylation is 2. The van der Waals surface area contributed by atoms with E-state index in [1.807, 2.05) is 23.2 Å². The summed E-state index contributed by atoms with van der Waals surface area (Å²) in [6, 6.07) is 20.1.